The zero-order valence-electron chi connectivity index (χ0n) is 13.0. The van der Waals surface area contributed by atoms with Crippen LogP contribution in [-0.4, -0.2) is 33.0 Å². The van der Waals surface area contributed by atoms with Gasteiger partial charge >= 0.3 is 6.03 Å². The van der Waals surface area contributed by atoms with Crippen molar-refractivity contribution < 1.29 is 9.00 Å². The summed E-state index contributed by atoms with van der Waals surface area (Å²) in [6, 6.07) is 7.60. The number of nitrogens with one attached hydrogen (secondary N) is 1. The molecule has 1 N–H and O–H groups in total. The molecule has 0 spiro atoms. The quantitative estimate of drug-likeness (QED) is 0.931. The van der Waals surface area contributed by atoms with Crippen LogP contribution >= 0.6 is 0 Å². The number of hydrogen-bond donors (Lipinski definition) is 1. The number of likely N-dealkylation sites (tertiary alicyclic amines) is 1. The highest BCUT2D eigenvalue weighted by Gasteiger charge is 2.20. The van der Waals surface area contributed by atoms with Gasteiger partial charge in [-0.25, -0.2) is 4.79 Å². The highest BCUT2D eigenvalue weighted by molar-refractivity contribution is 7.85. The van der Waals surface area contributed by atoms with Crippen molar-refractivity contribution in [2.24, 2.45) is 0 Å². The van der Waals surface area contributed by atoms with Crippen LogP contribution in [0.5, 0.6) is 0 Å². The Hall–Kier alpha value is -1.36. The maximum atomic E-state index is 12.2. The number of hydrogen-bond acceptors (Lipinski definition) is 2. The van der Waals surface area contributed by atoms with Crippen molar-refractivity contribution in [3.63, 3.8) is 0 Å². The summed E-state index contributed by atoms with van der Waals surface area (Å²) < 4.78 is 12.0. The molecule has 116 valence electrons. The van der Waals surface area contributed by atoms with E-state index >= 15 is 0 Å². The van der Waals surface area contributed by atoms with Crippen LogP contribution in [0.1, 0.15) is 39.2 Å². The van der Waals surface area contributed by atoms with Gasteiger partial charge in [0.15, 0.2) is 0 Å². The van der Waals surface area contributed by atoms with Crippen LogP contribution in [0.3, 0.4) is 0 Å². The number of anilines is 1. The molecule has 1 aromatic rings. The van der Waals surface area contributed by atoms with E-state index in [9.17, 15) is 9.00 Å². The molecular formula is C16H24N2O2S. The third-order valence-corrected chi connectivity index (χ3v) is 5.51. The molecule has 1 fully saturated rings. The Balaban J connectivity index is 2.00. The van der Waals surface area contributed by atoms with Gasteiger partial charge < -0.3 is 10.2 Å². The molecule has 5 heteroatoms. The van der Waals surface area contributed by atoms with Gasteiger partial charge in [-0.05, 0) is 51.3 Å². The SMILES string of the molecule is CC(C)(C)S(=O)Cc1cccc(NC(=O)N2CCCC2)c1. The summed E-state index contributed by atoms with van der Waals surface area (Å²) in [5, 5.41) is 2.92. The third kappa shape index (κ3) is 4.56. The maximum Gasteiger partial charge on any atom is 0.321 e. The zero-order chi connectivity index (χ0) is 15.5. The lowest BCUT2D eigenvalue weighted by Crippen LogP contribution is -2.32. The van der Waals surface area contributed by atoms with E-state index in [1.807, 2.05) is 49.9 Å². The minimum atomic E-state index is -0.934. The molecule has 0 aromatic heterocycles. The van der Waals surface area contributed by atoms with Crippen LogP contribution in [0, 0.1) is 0 Å². The van der Waals surface area contributed by atoms with Crippen LogP contribution in [-0.2, 0) is 16.6 Å². The topological polar surface area (TPSA) is 49.4 Å². The fourth-order valence-electron chi connectivity index (χ4n) is 2.23. The minimum Gasteiger partial charge on any atom is -0.325 e. The van der Waals surface area contributed by atoms with E-state index < -0.39 is 10.8 Å². The average Bonchev–Trinajstić information content (AvgIpc) is 2.91. The summed E-state index contributed by atoms with van der Waals surface area (Å²) >= 11 is 0. The minimum absolute atomic E-state index is 0.0402. The highest BCUT2D eigenvalue weighted by Crippen LogP contribution is 2.19. The molecule has 2 rings (SSSR count). The molecule has 1 unspecified atom stereocenters. The van der Waals surface area contributed by atoms with Crippen LogP contribution < -0.4 is 5.32 Å². The first-order valence-electron chi connectivity index (χ1n) is 7.39. The second kappa shape index (κ2) is 6.60. The number of carbonyl (C=O) groups excluding carboxylic acids is 1. The molecule has 0 aliphatic carbocycles. The van der Waals surface area contributed by atoms with Crippen LogP contribution in [0.4, 0.5) is 10.5 Å². The van der Waals surface area contributed by atoms with Gasteiger partial charge in [-0.2, -0.15) is 0 Å². The van der Waals surface area contributed by atoms with Crippen molar-refractivity contribution in [1.29, 1.82) is 0 Å². The first kappa shape index (κ1) is 16.0. The van der Waals surface area contributed by atoms with Gasteiger partial charge in [-0.3, -0.25) is 4.21 Å². The molecule has 1 heterocycles. The van der Waals surface area contributed by atoms with Crippen LogP contribution in [0.25, 0.3) is 0 Å². The molecule has 1 atom stereocenters. The van der Waals surface area contributed by atoms with E-state index in [1.165, 1.54) is 0 Å². The van der Waals surface area contributed by atoms with Crippen molar-refractivity contribution in [3.8, 4) is 0 Å². The van der Waals surface area contributed by atoms with Gasteiger partial charge in [0.2, 0.25) is 0 Å². The predicted molar refractivity (Wildman–Crippen MR) is 87.9 cm³/mol. The molecule has 1 aliphatic rings. The van der Waals surface area contributed by atoms with E-state index in [0.29, 0.717) is 5.75 Å². The van der Waals surface area contributed by atoms with Crippen molar-refractivity contribution in [3.05, 3.63) is 29.8 Å². The zero-order valence-corrected chi connectivity index (χ0v) is 13.8. The van der Waals surface area contributed by atoms with Gasteiger partial charge in [0.1, 0.15) is 0 Å². The van der Waals surface area contributed by atoms with Crippen molar-refractivity contribution in [1.82, 2.24) is 4.90 Å². The van der Waals surface area contributed by atoms with E-state index in [4.69, 9.17) is 0 Å². The van der Waals surface area contributed by atoms with E-state index in [-0.39, 0.29) is 10.8 Å². The Bertz CT molecular complexity index is 531. The van der Waals surface area contributed by atoms with Gasteiger partial charge in [0, 0.05) is 40.1 Å². The number of benzene rings is 1. The third-order valence-electron chi connectivity index (χ3n) is 3.55. The fourth-order valence-corrected chi connectivity index (χ4v) is 3.14. The molecule has 1 saturated heterocycles. The predicted octanol–water partition coefficient (Wildman–Crippen LogP) is 3.36. The monoisotopic (exact) mass is 308 g/mol. The van der Waals surface area contributed by atoms with Gasteiger partial charge in [0.25, 0.3) is 0 Å². The Morgan fingerprint density at radius 3 is 2.57 bits per heavy atom. The summed E-state index contributed by atoms with van der Waals surface area (Å²) in [6.45, 7) is 7.59. The summed E-state index contributed by atoms with van der Waals surface area (Å²) in [5.41, 5.74) is 1.76. The van der Waals surface area contributed by atoms with Crippen molar-refractivity contribution in [2.45, 2.75) is 44.1 Å². The first-order valence-corrected chi connectivity index (χ1v) is 8.71. The lowest BCUT2D eigenvalue weighted by atomic mass is 10.2. The second-order valence-electron chi connectivity index (χ2n) is 6.43. The van der Waals surface area contributed by atoms with Crippen LogP contribution in [0.2, 0.25) is 0 Å². The number of urea groups is 1. The Morgan fingerprint density at radius 1 is 1.29 bits per heavy atom. The van der Waals surface area contributed by atoms with Crippen molar-refractivity contribution in [2.75, 3.05) is 18.4 Å². The van der Waals surface area contributed by atoms with Crippen LogP contribution in [0.15, 0.2) is 24.3 Å². The van der Waals surface area contributed by atoms with Gasteiger partial charge in [-0.1, -0.05) is 12.1 Å². The Labute approximate surface area is 129 Å². The van der Waals surface area contributed by atoms with Gasteiger partial charge in [0.05, 0.1) is 0 Å². The second-order valence-corrected chi connectivity index (χ2v) is 8.63. The van der Waals surface area contributed by atoms with Gasteiger partial charge in [-0.15, -0.1) is 0 Å². The lowest BCUT2D eigenvalue weighted by molar-refractivity contribution is 0.222. The Kier molecular flexibility index (Phi) is 5.04. The molecule has 1 aromatic carbocycles. The molecule has 2 amide bonds. The summed E-state index contributed by atoms with van der Waals surface area (Å²) in [5.74, 6) is 0.511. The van der Waals surface area contributed by atoms with E-state index in [0.717, 1.165) is 37.2 Å². The summed E-state index contributed by atoms with van der Waals surface area (Å²) in [7, 11) is -0.934. The fraction of sp³-hybridized carbons (Fsp3) is 0.562. The molecule has 0 saturated carbocycles. The smallest absolute Gasteiger partial charge is 0.321 e. The van der Waals surface area contributed by atoms with E-state index in [1.54, 1.807) is 0 Å². The number of carbonyl (C=O) groups is 1. The molecule has 4 nitrogen and oxygen atoms in total. The molecule has 21 heavy (non-hydrogen) atoms. The molecule has 0 bridgehead atoms. The number of amides is 2. The largest absolute Gasteiger partial charge is 0.325 e. The molecule has 1 aliphatic heterocycles. The summed E-state index contributed by atoms with van der Waals surface area (Å²) in [4.78, 5) is 13.9. The summed E-state index contributed by atoms with van der Waals surface area (Å²) in [6.07, 6.45) is 2.16. The molecular weight excluding hydrogens is 284 g/mol. The normalized spacial score (nSPS) is 16.8. The number of rotatable bonds is 3. The van der Waals surface area contributed by atoms with Crippen molar-refractivity contribution >= 4 is 22.5 Å². The molecule has 0 radical (unpaired) electrons. The Morgan fingerprint density at radius 2 is 1.95 bits per heavy atom. The highest BCUT2D eigenvalue weighted by atomic mass is 32.2. The lowest BCUT2D eigenvalue weighted by Gasteiger charge is -2.19. The first-order chi connectivity index (χ1) is 9.86. The maximum absolute atomic E-state index is 12.2. The van der Waals surface area contributed by atoms with E-state index in [2.05, 4.69) is 5.32 Å². The average molecular weight is 308 g/mol. The number of nitrogens with zero attached hydrogens (tertiary/aromatic N) is 1. The standard InChI is InChI=1S/C16H24N2O2S/c1-16(2,3)21(20)12-13-7-6-8-14(11-13)17-15(19)18-9-4-5-10-18/h6-8,11H,4-5,9-10,12H2,1-3H3,(H,17,19).